The van der Waals surface area contributed by atoms with E-state index in [2.05, 4.69) is 12.0 Å². The smallest absolute Gasteiger partial charge is 0.360 e. The Morgan fingerprint density at radius 2 is 1.92 bits per heavy atom. The number of amides is 1. The van der Waals surface area contributed by atoms with Gasteiger partial charge in [0.15, 0.2) is 11.8 Å². The van der Waals surface area contributed by atoms with Crippen LogP contribution in [-0.4, -0.2) is 27.8 Å². The van der Waals surface area contributed by atoms with Crippen LogP contribution in [-0.2, 0) is 16.1 Å². The molecule has 7 nitrogen and oxygen atoms in total. The molecule has 0 aliphatic heterocycles. The molecule has 1 heterocycles. The van der Waals surface area contributed by atoms with Gasteiger partial charge in [-0.1, -0.05) is 38.0 Å². The van der Waals surface area contributed by atoms with Gasteiger partial charge < -0.3 is 10.5 Å². The Kier molecular flexibility index (Phi) is 5.68. The number of fused-ring (bicyclic) bond motifs is 1. The van der Waals surface area contributed by atoms with Gasteiger partial charge in [-0.15, -0.1) is 0 Å². The summed E-state index contributed by atoms with van der Waals surface area (Å²) >= 11 is 0. The number of benzene rings is 1. The van der Waals surface area contributed by atoms with Crippen LogP contribution >= 0.6 is 0 Å². The van der Waals surface area contributed by atoms with E-state index in [0.717, 1.165) is 19.3 Å². The predicted molar refractivity (Wildman–Crippen MR) is 89.6 cm³/mol. The van der Waals surface area contributed by atoms with E-state index in [1.165, 1.54) is 11.6 Å². The molecule has 1 unspecified atom stereocenters. The number of aromatic nitrogens is 2. The van der Waals surface area contributed by atoms with E-state index in [1.807, 2.05) is 0 Å². The van der Waals surface area contributed by atoms with Crippen LogP contribution in [0.25, 0.3) is 10.8 Å². The molecular weight excluding hydrogens is 310 g/mol. The largest absolute Gasteiger partial charge is 0.448 e. The third-order valence-electron chi connectivity index (χ3n) is 3.72. The molecule has 1 amide bonds. The fraction of sp³-hybridized carbons (Fsp3) is 0.412. The van der Waals surface area contributed by atoms with E-state index in [9.17, 15) is 14.4 Å². The van der Waals surface area contributed by atoms with Gasteiger partial charge in [0.05, 0.1) is 5.39 Å². The fourth-order valence-corrected chi connectivity index (χ4v) is 2.32. The van der Waals surface area contributed by atoms with Gasteiger partial charge in [-0.05, 0) is 19.4 Å². The first-order valence-corrected chi connectivity index (χ1v) is 7.95. The molecule has 0 spiro atoms. The second-order valence-corrected chi connectivity index (χ2v) is 5.58. The molecule has 0 aliphatic rings. The number of aryl methyl sites for hydroxylation is 1. The van der Waals surface area contributed by atoms with Crippen molar-refractivity contribution in [2.45, 2.75) is 45.8 Å². The summed E-state index contributed by atoms with van der Waals surface area (Å²) in [6, 6.07) is 6.70. The van der Waals surface area contributed by atoms with Crippen molar-refractivity contribution in [3.05, 3.63) is 40.3 Å². The summed E-state index contributed by atoms with van der Waals surface area (Å²) in [5, 5.41) is 4.95. The Morgan fingerprint density at radius 1 is 1.25 bits per heavy atom. The van der Waals surface area contributed by atoms with Crippen molar-refractivity contribution in [2.24, 2.45) is 5.73 Å². The van der Waals surface area contributed by atoms with Crippen LogP contribution in [0.1, 0.15) is 43.6 Å². The zero-order valence-electron chi connectivity index (χ0n) is 13.8. The molecule has 0 bridgehead atoms. The summed E-state index contributed by atoms with van der Waals surface area (Å²) in [5.41, 5.74) is 4.88. The summed E-state index contributed by atoms with van der Waals surface area (Å²) in [5.74, 6) is -1.52. The summed E-state index contributed by atoms with van der Waals surface area (Å²) in [6.45, 7) is 3.87. The fourth-order valence-electron chi connectivity index (χ4n) is 2.32. The number of nitrogens with two attached hydrogens (primary N) is 1. The highest BCUT2D eigenvalue weighted by atomic mass is 16.5. The van der Waals surface area contributed by atoms with E-state index in [0.29, 0.717) is 17.3 Å². The number of hydrogen-bond acceptors (Lipinski definition) is 5. The second-order valence-electron chi connectivity index (χ2n) is 5.58. The number of esters is 1. The number of nitrogens with zero attached hydrogens (tertiary/aromatic N) is 2. The van der Waals surface area contributed by atoms with E-state index < -0.39 is 18.0 Å². The third kappa shape index (κ3) is 3.79. The summed E-state index contributed by atoms with van der Waals surface area (Å²) in [7, 11) is 0. The van der Waals surface area contributed by atoms with Crippen LogP contribution in [0.4, 0.5) is 0 Å². The normalized spacial score (nSPS) is 12.1. The van der Waals surface area contributed by atoms with Crippen molar-refractivity contribution in [3.8, 4) is 0 Å². The summed E-state index contributed by atoms with van der Waals surface area (Å²) in [4.78, 5) is 36.0. The zero-order valence-corrected chi connectivity index (χ0v) is 13.8. The molecule has 0 radical (unpaired) electrons. The van der Waals surface area contributed by atoms with E-state index in [1.54, 1.807) is 24.3 Å². The highest BCUT2D eigenvalue weighted by Crippen LogP contribution is 2.15. The molecule has 128 valence electrons. The first-order chi connectivity index (χ1) is 11.5. The van der Waals surface area contributed by atoms with E-state index >= 15 is 0 Å². The molecule has 2 aromatic rings. The Hall–Kier alpha value is -2.70. The van der Waals surface area contributed by atoms with Crippen LogP contribution in [0.3, 0.4) is 0 Å². The lowest BCUT2D eigenvalue weighted by Crippen LogP contribution is -2.32. The molecule has 2 rings (SSSR count). The van der Waals surface area contributed by atoms with Crippen molar-refractivity contribution in [1.29, 1.82) is 0 Å². The monoisotopic (exact) mass is 331 g/mol. The summed E-state index contributed by atoms with van der Waals surface area (Å²) < 4.78 is 6.32. The average Bonchev–Trinajstić information content (AvgIpc) is 2.57. The molecule has 24 heavy (non-hydrogen) atoms. The lowest BCUT2D eigenvalue weighted by Gasteiger charge is -2.12. The second kappa shape index (κ2) is 7.72. The predicted octanol–water partition coefficient (Wildman–Crippen LogP) is 1.62. The lowest BCUT2D eigenvalue weighted by molar-refractivity contribution is -0.125. The molecule has 0 saturated carbocycles. The lowest BCUT2D eigenvalue weighted by atomic mass is 10.1. The van der Waals surface area contributed by atoms with Gasteiger partial charge in [0, 0.05) is 11.9 Å². The molecule has 0 saturated heterocycles. The molecule has 0 fully saturated rings. The van der Waals surface area contributed by atoms with Crippen LogP contribution in [0.5, 0.6) is 0 Å². The topological polar surface area (TPSA) is 104 Å². The van der Waals surface area contributed by atoms with Gasteiger partial charge in [-0.2, -0.15) is 5.10 Å². The quantitative estimate of drug-likeness (QED) is 0.613. The number of ether oxygens (including phenoxy) is 1. The number of carbonyl (C=O) groups is 2. The first-order valence-electron chi connectivity index (χ1n) is 7.95. The third-order valence-corrected chi connectivity index (χ3v) is 3.72. The highest BCUT2D eigenvalue weighted by molar-refractivity contribution is 6.02. The van der Waals surface area contributed by atoms with Crippen LogP contribution < -0.4 is 11.3 Å². The molecule has 1 aromatic heterocycles. The number of carbonyl (C=O) groups excluding carboxylic acids is 2. The van der Waals surface area contributed by atoms with Gasteiger partial charge in [0.1, 0.15) is 0 Å². The van der Waals surface area contributed by atoms with Crippen molar-refractivity contribution in [1.82, 2.24) is 9.78 Å². The van der Waals surface area contributed by atoms with Gasteiger partial charge in [0.25, 0.3) is 11.5 Å². The molecule has 1 aromatic carbocycles. The van der Waals surface area contributed by atoms with Gasteiger partial charge in [-0.25, -0.2) is 9.48 Å². The highest BCUT2D eigenvalue weighted by Gasteiger charge is 2.21. The Balaban J connectivity index is 2.47. The zero-order chi connectivity index (χ0) is 17.7. The van der Waals surface area contributed by atoms with Crippen LogP contribution in [0, 0.1) is 0 Å². The molecule has 7 heteroatoms. The SMILES string of the molecule is CCCCCn1nc(C(=O)OC(C)C(N)=O)c2ccccc2c1=O. The van der Waals surface area contributed by atoms with Gasteiger partial charge in [-0.3, -0.25) is 9.59 Å². The average molecular weight is 331 g/mol. The van der Waals surface area contributed by atoms with E-state index in [4.69, 9.17) is 10.5 Å². The minimum Gasteiger partial charge on any atom is -0.448 e. The molecule has 2 N–H and O–H groups in total. The van der Waals surface area contributed by atoms with Crippen molar-refractivity contribution >= 4 is 22.6 Å². The standard InChI is InChI=1S/C17H21N3O4/c1-3-4-7-10-20-16(22)13-9-6-5-8-12(13)14(19-20)17(23)24-11(2)15(18)21/h5-6,8-9,11H,3-4,7,10H2,1-2H3,(H2,18,21). The van der Waals surface area contributed by atoms with Crippen molar-refractivity contribution in [3.63, 3.8) is 0 Å². The number of rotatable bonds is 7. The maximum Gasteiger partial charge on any atom is 0.360 e. The minimum absolute atomic E-state index is 0.00907. The molecular formula is C17H21N3O4. The Morgan fingerprint density at radius 3 is 2.54 bits per heavy atom. The van der Waals surface area contributed by atoms with Crippen LogP contribution in [0.2, 0.25) is 0 Å². The first kappa shape index (κ1) is 17.7. The molecule has 0 aliphatic carbocycles. The van der Waals surface area contributed by atoms with Crippen LogP contribution in [0.15, 0.2) is 29.1 Å². The maximum absolute atomic E-state index is 12.5. The van der Waals surface area contributed by atoms with Crippen molar-refractivity contribution in [2.75, 3.05) is 0 Å². The van der Waals surface area contributed by atoms with E-state index in [-0.39, 0.29) is 11.3 Å². The minimum atomic E-state index is -1.07. The number of primary amides is 1. The van der Waals surface area contributed by atoms with Gasteiger partial charge in [0.2, 0.25) is 0 Å². The maximum atomic E-state index is 12.5. The Labute approximate surface area is 139 Å². The Bertz CT molecular complexity index is 813. The van der Waals surface area contributed by atoms with Crippen molar-refractivity contribution < 1.29 is 14.3 Å². The number of unbranched alkanes of at least 4 members (excludes halogenated alkanes) is 2. The summed E-state index contributed by atoms with van der Waals surface area (Å²) in [6.07, 6.45) is 1.68. The van der Waals surface area contributed by atoms with Gasteiger partial charge >= 0.3 is 5.97 Å². The number of hydrogen-bond donors (Lipinski definition) is 1. The molecule has 1 atom stereocenters.